The second-order valence-electron chi connectivity index (χ2n) is 8.22. The number of carbonyl (C=O) groups is 2. The number of nitrogens with zero attached hydrogens (tertiary/aromatic N) is 4. The van der Waals surface area contributed by atoms with E-state index in [9.17, 15) is 9.59 Å². The molecular weight excluding hydrogens is 462 g/mol. The standard InChI is InChI=1S/C26H31N5O3S/c1-5-16-34-22-14-12-21(13-15-22)31-24(32)17-23(25(31)33)35-26(27)29-28-18(2)6-7-19-8-10-20(11-9-19)30(3)4/h6-15,23H,5,16-17H2,1-4H3,(H2,27,29). The van der Waals surface area contributed by atoms with Gasteiger partial charge in [0.2, 0.25) is 11.8 Å². The molecule has 8 nitrogen and oxygen atoms in total. The van der Waals surface area contributed by atoms with Crippen LogP contribution in [0.15, 0.2) is 64.8 Å². The highest BCUT2D eigenvalue weighted by Gasteiger charge is 2.40. The summed E-state index contributed by atoms with van der Waals surface area (Å²) in [6.07, 6.45) is 4.73. The summed E-state index contributed by atoms with van der Waals surface area (Å²) in [5.74, 6) is 0.109. The number of allylic oxidation sites excluding steroid dienone is 1. The van der Waals surface area contributed by atoms with E-state index in [1.807, 2.05) is 69.3 Å². The van der Waals surface area contributed by atoms with Crippen LogP contribution < -0.4 is 20.3 Å². The van der Waals surface area contributed by atoms with Crippen molar-refractivity contribution in [1.82, 2.24) is 0 Å². The molecule has 3 rings (SSSR count). The molecule has 1 unspecified atom stereocenters. The molecule has 0 bridgehead atoms. The Balaban J connectivity index is 1.59. The number of anilines is 2. The van der Waals surface area contributed by atoms with Crippen LogP contribution in [0, 0.1) is 0 Å². The maximum Gasteiger partial charge on any atom is 0.247 e. The van der Waals surface area contributed by atoms with Gasteiger partial charge < -0.3 is 15.4 Å². The van der Waals surface area contributed by atoms with Crippen LogP contribution in [0.2, 0.25) is 0 Å². The lowest BCUT2D eigenvalue weighted by atomic mass is 10.2. The number of rotatable bonds is 9. The Morgan fingerprint density at radius 2 is 1.83 bits per heavy atom. The van der Waals surface area contributed by atoms with Gasteiger partial charge in [-0.2, -0.15) is 5.10 Å². The van der Waals surface area contributed by atoms with Crippen molar-refractivity contribution in [2.45, 2.75) is 31.9 Å². The van der Waals surface area contributed by atoms with Crippen LogP contribution in [0.1, 0.15) is 32.3 Å². The molecule has 1 atom stereocenters. The smallest absolute Gasteiger partial charge is 0.247 e. The molecule has 1 aliphatic rings. The van der Waals surface area contributed by atoms with Gasteiger partial charge in [-0.05, 0) is 61.4 Å². The van der Waals surface area contributed by atoms with E-state index in [1.54, 1.807) is 24.3 Å². The van der Waals surface area contributed by atoms with E-state index >= 15 is 0 Å². The maximum absolute atomic E-state index is 12.9. The number of imide groups is 1. The third-order valence-corrected chi connectivity index (χ3v) is 6.14. The van der Waals surface area contributed by atoms with Crippen LogP contribution in [-0.4, -0.2) is 48.6 Å². The Morgan fingerprint density at radius 3 is 2.46 bits per heavy atom. The lowest BCUT2D eigenvalue weighted by molar-refractivity contribution is -0.121. The average Bonchev–Trinajstić information content (AvgIpc) is 3.13. The van der Waals surface area contributed by atoms with Gasteiger partial charge in [-0.25, -0.2) is 4.90 Å². The van der Waals surface area contributed by atoms with Crippen molar-refractivity contribution in [2.75, 3.05) is 30.5 Å². The quantitative estimate of drug-likeness (QED) is 0.242. The van der Waals surface area contributed by atoms with Gasteiger partial charge in [-0.15, -0.1) is 5.10 Å². The number of carbonyl (C=O) groups excluding carboxylic acids is 2. The number of nitrogens with two attached hydrogens (primary N) is 1. The zero-order valence-electron chi connectivity index (χ0n) is 20.5. The van der Waals surface area contributed by atoms with Crippen LogP contribution >= 0.6 is 11.8 Å². The molecule has 1 saturated heterocycles. The SMILES string of the molecule is CCCOc1ccc(N2C(=O)CC(SC(N)=NN=C(C)C=Cc3ccc(N(C)C)cc3)C2=O)cc1. The number of amides is 2. The van der Waals surface area contributed by atoms with Crippen molar-refractivity contribution in [3.8, 4) is 5.75 Å². The number of benzene rings is 2. The molecule has 2 aromatic carbocycles. The Hall–Kier alpha value is -3.59. The van der Waals surface area contributed by atoms with E-state index in [0.29, 0.717) is 23.8 Å². The maximum atomic E-state index is 12.9. The first-order valence-corrected chi connectivity index (χ1v) is 12.3. The molecule has 35 heavy (non-hydrogen) atoms. The van der Waals surface area contributed by atoms with Crippen molar-refractivity contribution >= 4 is 51.9 Å². The highest BCUT2D eigenvalue weighted by molar-refractivity contribution is 8.14. The third kappa shape index (κ3) is 7.19. The van der Waals surface area contributed by atoms with Crippen molar-refractivity contribution in [3.05, 3.63) is 60.2 Å². The van der Waals surface area contributed by atoms with E-state index in [4.69, 9.17) is 10.5 Å². The minimum absolute atomic E-state index is 0.0549. The van der Waals surface area contributed by atoms with Gasteiger partial charge in [0.1, 0.15) is 11.0 Å². The molecule has 0 aromatic heterocycles. The van der Waals surface area contributed by atoms with E-state index in [1.165, 1.54) is 4.90 Å². The van der Waals surface area contributed by atoms with Gasteiger partial charge in [0.15, 0.2) is 5.17 Å². The van der Waals surface area contributed by atoms with Crippen LogP contribution in [-0.2, 0) is 9.59 Å². The zero-order valence-corrected chi connectivity index (χ0v) is 21.3. The lowest BCUT2D eigenvalue weighted by Gasteiger charge is -2.15. The molecule has 9 heteroatoms. The number of ether oxygens (including phenoxy) is 1. The van der Waals surface area contributed by atoms with Crippen LogP contribution in [0.4, 0.5) is 11.4 Å². The second kappa shape index (κ2) is 12.2. The summed E-state index contributed by atoms with van der Waals surface area (Å²) in [6.45, 7) is 4.45. The Labute approximate surface area is 210 Å². The molecule has 1 aliphatic heterocycles. The van der Waals surface area contributed by atoms with E-state index in [-0.39, 0.29) is 23.4 Å². The highest BCUT2D eigenvalue weighted by atomic mass is 32.2. The van der Waals surface area contributed by atoms with Crippen molar-refractivity contribution in [1.29, 1.82) is 0 Å². The van der Waals surface area contributed by atoms with Crippen molar-refractivity contribution < 1.29 is 14.3 Å². The molecule has 2 aromatic rings. The summed E-state index contributed by atoms with van der Waals surface area (Å²) >= 11 is 1.05. The van der Waals surface area contributed by atoms with E-state index in [2.05, 4.69) is 10.2 Å². The summed E-state index contributed by atoms with van der Waals surface area (Å²) < 4.78 is 5.56. The van der Waals surface area contributed by atoms with E-state index in [0.717, 1.165) is 29.4 Å². The fourth-order valence-electron chi connectivity index (χ4n) is 3.31. The predicted molar refractivity (Wildman–Crippen MR) is 145 cm³/mol. The minimum atomic E-state index is -0.636. The topological polar surface area (TPSA) is 101 Å². The lowest BCUT2D eigenvalue weighted by Crippen LogP contribution is -2.31. The van der Waals surface area contributed by atoms with Gasteiger partial charge >= 0.3 is 0 Å². The first-order chi connectivity index (χ1) is 16.8. The van der Waals surface area contributed by atoms with Crippen LogP contribution in [0.5, 0.6) is 5.75 Å². The zero-order chi connectivity index (χ0) is 25.4. The Morgan fingerprint density at radius 1 is 1.14 bits per heavy atom. The van der Waals surface area contributed by atoms with Gasteiger partial charge in [0, 0.05) is 26.2 Å². The second-order valence-corrected chi connectivity index (χ2v) is 9.44. The summed E-state index contributed by atoms with van der Waals surface area (Å²) in [5, 5.41) is 7.64. The molecule has 1 fully saturated rings. The fraction of sp³-hybridized carbons (Fsp3) is 0.308. The normalized spacial score (nSPS) is 16.9. The number of amidine groups is 1. The summed E-state index contributed by atoms with van der Waals surface area (Å²) in [7, 11) is 3.99. The molecule has 2 N–H and O–H groups in total. The Kier molecular flexibility index (Phi) is 9.08. The summed E-state index contributed by atoms with van der Waals surface area (Å²) in [5.41, 5.74) is 9.33. The molecule has 0 saturated carbocycles. The van der Waals surface area contributed by atoms with E-state index < -0.39 is 5.25 Å². The summed E-state index contributed by atoms with van der Waals surface area (Å²) in [6, 6.07) is 15.0. The molecule has 0 spiro atoms. The van der Waals surface area contributed by atoms with Crippen LogP contribution in [0.3, 0.4) is 0 Å². The van der Waals surface area contributed by atoms with Gasteiger partial charge in [0.05, 0.1) is 18.0 Å². The highest BCUT2D eigenvalue weighted by Crippen LogP contribution is 2.30. The van der Waals surface area contributed by atoms with Crippen LogP contribution in [0.25, 0.3) is 6.08 Å². The minimum Gasteiger partial charge on any atom is -0.494 e. The number of hydrogen-bond donors (Lipinski definition) is 1. The fourth-order valence-corrected chi connectivity index (χ4v) is 4.12. The third-order valence-electron chi connectivity index (χ3n) is 5.17. The van der Waals surface area contributed by atoms with Gasteiger partial charge in [0.25, 0.3) is 0 Å². The Bertz CT molecular complexity index is 1120. The van der Waals surface area contributed by atoms with Gasteiger partial charge in [-0.1, -0.05) is 36.9 Å². The summed E-state index contributed by atoms with van der Waals surface area (Å²) in [4.78, 5) is 28.6. The molecular formula is C26H31N5O3S. The number of hydrogen-bond acceptors (Lipinski definition) is 7. The molecule has 1 heterocycles. The van der Waals surface area contributed by atoms with Crippen molar-refractivity contribution in [3.63, 3.8) is 0 Å². The largest absolute Gasteiger partial charge is 0.494 e. The molecule has 0 radical (unpaired) electrons. The number of thioether (sulfide) groups is 1. The molecule has 0 aliphatic carbocycles. The van der Waals surface area contributed by atoms with Crippen molar-refractivity contribution in [2.24, 2.45) is 15.9 Å². The molecule has 184 valence electrons. The first-order valence-electron chi connectivity index (χ1n) is 11.4. The average molecular weight is 494 g/mol. The monoisotopic (exact) mass is 493 g/mol. The first kappa shape index (κ1) is 26.0. The molecule has 2 amide bonds. The van der Waals surface area contributed by atoms with Gasteiger partial charge in [-0.3, -0.25) is 9.59 Å². The predicted octanol–water partition coefficient (Wildman–Crippen LogP) is 4.31.